The van der Waals surface area contributed by atoms with Crippen LogP contribution in [0.25, 0.3) is 0 Å². The third-order valence-corrected chi connectivity index (χ3v) is 4.23. The molecule has 23 heavy (non-hydrogen) atoms. The average molecular weight is 369 g/mol. The van der Waals surface area contributed by atoms with Crippen molar-refractivity contribution in [2.24, 2.45) is 5.10 Å². The third-order valence-electron chi connectivity index (χ3n) is 2.64. The van der Waals surface area contributed by atoms with E-state index < -0.39 is 0 Å². The van der Waals surface area contributed by atoms with Crippen molar-refractivity contribution >= 4 is 47.1 Å². The van der Waals surface area contributed by atoms with E-state index in [0.29, 0.717) is 15.2 Å². The molecule has 0 aliphatic carbocycles. The van der Waals surface area contributed by atoms with E-state index in [9.17, 15) is 4.79 Å². The number of halogens is 2. The van der Waals surface area contributed by atoms with Crippen molar-refractivity contribution in [3.63, 3.8) is 0 Å². The van der Waals surface area contributed by atoms with Gasteiger partial charge in [-0.05, 0) is 37.6 Å². The van der Waals surface area contributed by atoms with Crippen molar-refractivity contribution in [2.75, 3.05) is 5.75 Å². The monoisotopic (exact) mass is 368 g/mol. The Morgan fingerprint density at radius 1 is 1.22 bits per heavy atom. The Morgan fingerprint density at radius 2 is 1.91 bits per heavy atom. The predicted octanol–water partition coefficient (Wildman–Crippen LogP) is 3.64. The summed E-state index contributed by atoms with van der Waals surface area (Å²) < 4.78 is 0. The molecule has 0 aliphatic rings. The molecule has 2 aromatic rings. The molecular formula is C15H14Cl2N4OS. The molecule has 1 amide bonds. The molecule has 0 radical (unpaired) electrons. The highest BCUT2D eigenvalue weighted by molar-refractivity contribution is 7.99. The van der Waals surface area contributed by atoms with Gasteiger partial charge in [-0.1, -0.05) is 41.0 Å². The number of hydrogen-bond acceptors (Lipinski definition) is 5. The van der Waals surface area contributed by atoms with E-state index in [1.54, 1.807) is 18.2 Å². The Labute approximate surface area is 148 Å². The molecule has 0 aliphatic heterocycles. The zero-order valence-electron chi connectivity index (χ0n) is 12.5. The number of amides is 1. The number of carbonyl (C=O) groups excluding carboxylic acids is 1. The zero-order valence-corrected chi connectivity index (χ0v) is 14.8. The molecule has 8 heteroatoms. The number of carbonyl (C=O) groups is 1. The summed E-state index contributed by atoms with van der Waals surface area (Å²) in [5.41, 5.74) is 4.93. The minimum Gasteiger partial charge on any atom is -0.272 e. The van der Waals surface area contributed by atoms with Crippen LogP contribution in [0.3, 0.4) is 0 Å². The van der Waals surface area contributed by atoms with E-state index in [4.69, 9.17) is 23.2 Å². The largest absolute Gasteiger partial charge is 0.272 e. The van der Waals surface area contributed by atoms with Crippen LogP contribution in [0.2, 0.25) is 10.0 Å². The van der Waals surface area contributed by atoms with Crippen molar-refractivity contribution in [3.05, 3.63) is 51.3 Å². The first-order valence-electron chi connectivity index (χ1n) is 6.66. The van der Waals surface area contributed by atoms with Gasteiger partial charge in [-0.25, -0.2) is 15.4 Å². The molecule has 1 aromatic carbocycles. The number of rotatable bonds is 5. The lowest BCUT2D eigenvalue weighted by atomic mass is 10.2. The molecule has 0 spiro atoms. The van der Waals surface area contributed by atoms with Gasteiger partial charge in [0.05, 0.1) is 22.0 Å². The van der Waals surface area contributed by atoms with Crippen LogP contribution in [0, 0.1) is 13.8 Å². The lowest BCUT2D eigenvalue weighted by Crippen LogP contribution is -2.19. The summed E-state index contributed by atoms with van der Waals surface area (Å²) in [6.07, 6.45) is 1.50. The summed E-state index contributed by atoms with van der Waals surface area (Å²) in [5, 5.41) is 5.36. The molecule has 0 saturated heterocycles. The predicted molar refractivity (Wildman–Crippen MR) is 94.4 cm³/mol. The fourth-order valence-electron chi connectivity index (χ4n) is 1.69. The maximum Gasteiger partial charge on any atom is 0.250 e. The molecular weight excluding hydrogens is 355 g/mol. The van der Waals surface area contributed by atoms with Crippen LogP contribution in [0.1, 0.15) is 17.0 Å². The summed E-state index contributed by atoms with van der Waals surface area (Å²) in [5.74, 6) is -0.0595. The topological polar surface area (TPSA) is 67.2 Å². The molecule has 1 aromatic heterocycles. The van der Waals surface area contributed by atoms with Gasteiger partial charge in [-0.2, -0.15) is 5.10 Å². The van der Waals surface area contributed by atoms with Crippen LogP contribution in [-0.2, 0) is 4.79 Å². The Kier molecular flexibility index (Phi) is 6.38. The first-order chi connectivity index (χ1) is 10.9. The molecule has 0 fully saturated rings. The highest BCUT2D eigenvalue weighted by Gasteiger charge is 2.05. The van der Waals surface area contributed by atoms with Crippen LogP contribution < -0.4 is 5.43 Å². The van der Waals surface area contributed by atoms with Gasteiger partial charge in [-0.15, -0.1) is 0 Å². The molecule has 0 unspecified atom stereocenters. The summed E-state index contributed by atoms with van der Waals surface area (Å²) in [4.78, 5) is 20.3. The molecule has 1 N–H and O–H groups in total. The zero-order chi connectivity index (χ0) is 16.8. The Hall–Kier alpha value is -1.63. The fourth-order valence-corrected chi connectivity index (χ4v) is 2.74. The summed E-state index contributed by atoms with van der Waals surface area (Å²) in [6.45, 7) is 3.78. The smallest absolute Gasteiger partial charge is 0.250 e. The first kappa shape index (κ1) is 17.7. The second kappa shape index (κ2) is 8.29. The second-order valence-electron chi connectivity index (χ2n) is 4.69. The number of nitrogens with one attached hydrogen (secondary N) is 1. The molecule has 120 valence electrons. The van der Waals surface area contributed by atoms with Gasteiger partial charge < -0.3 is 0 Å². The average Bonchev–Trinajstić information content (AvgIpc) is 2.48. The molecule has 2 rings (SSSR count). The van der Waals surface area contributed by atoms with E-state index in [0.717, 1.165) is 17.0 Å². The lowest BCUT2D eigenvalue weighted by molar-refractivity contribution is -0.118. The van der Waals surface area contributed by atoms with Crippen molar-refractivity contribution in [1.29, 1.82) is 0 Å². The van der Waals surface area contributed by atoms with Gasteiger partial charge in [-0.3, -0.25) is 4.79 Å². The summed E-state index contributed by atoms with van der Waals surface area (Å²) >= 11 is 13.0. The van der Waals surface area contributed by atoms with Crippen LogP contribution in [0.5, 0.6) is 0 Å². The summed E-state index contributed by atoms with van der Waals surface area (Å²) in [6, 6.07) is 6.96. The van der Waals surface area contributed by atoms with Gasteiger partial charge in [0.15, 0.2) is 5.16 Å². The number of hydrogen-bond donors (Lipinski definition) is 1. The minimum atomic E-state index is -0.242. The highest BCUT2D eigenvalue weighted by atomic mass is 35.5. The Morgan fingerprint density at radius 3 is 2.57 bits per heavy atom. The fraction of sp³-hybridized carbons (Fsp3) is 0.200. The maximum absolute atomic E-state index is 11.7. The SMILES string of the molecule is Cc1cc(C)nc(SCC(=O)NN=Cc2ccc(Cl)c(Cl)c2)n1. The van der Waals surface area contributed by atoms with Crippen LogP contribution >= 0.6 is 35.0 Å². The van der Waals surface area contributed by atoms with Gasteiger partial charge in [0.25, 0.3) is 5.91 Å². The number of hydrazone groups is 1. The quantitative estimate of drug-likeness (QED) is 0.378. The van der Waals surface area contributed by atoms with Crippen molar-refractivity contribution in [1.82, 2.24) is 15.4 Å². The molecule has 0 atom stereocenters. The number of benzene rings is 1. The van der Waals surface area contributed by atoms with Gasteiger partial charge in [0.2, 0.25) is 0 Å². The van der Waals surface area contributed by atoms with Crippen LogP contribution in [0.4, 0.5) is 0 Å². The number of nitrogens with zero attached hydrogens (tertiary/aromatic N) is 3. The van der Waals surface area contributed by atoms with E-state index in [1.165, 1.54) is 18.0 Å². The van der Waals surface area contributed by atoms with E-state index in [1.807, 2.05) is 19.9 Å². The molecule has 1 heterocycles. The number of thioether (sulfide) groups is 1. The minimum absolute atomic E-state index is 0.182. The Bertz CT molecular complexity index is 732. The summed E-state index contributed by atoms with van der Waals surface area (Å²) in [7, 11) is 0. The van der Waals surface area contributed by atoms with Crippen LogP contribution in [-0.4, -0.2) is 27.8 Å². The van der Waals surface area contributed by atoms with Gasteiger partial charge in [0, 0.05) is 11.4 Å². The van der Waals surface area contributed by atoms with E-state index >= 15 is 0 Å². The van der Waals surface area contributed by atoms with E-state index in [2.05, 4.69) is 20.5 Å². The normalized spacial score (nSPS) is 11.0. The first-order valence-corrected chi connectivity index (χ1v) is 8.40. The van der Waals surface area contributed by atoms with Crippen molar-refractivity contribution in [3.8, 4) is 0 Å². The van der Waals surface area contributed by atoms with Gasteiger partial charge in [0.1, 0.15) is 0 Å². The lowest BCUT2D eigenvalue weighted by Gasteiger charge is -2.02. The van der Waals surface area contributed by atoms with Crippen LogP contribution in [0.15, 0.2) is 34.5 Å². The maximum atomic E-state index is 11.7. The van der Waals surface area contributed by atoms with Crippen molar-refractivity contribution < 1.29 is 4.79 Å². The molecule has 5 nitrogen and oxygen atoms in total. The molecule has 0 saturated carbocycles. The Balaban J connectivity index is 1.85. The number of aromatic nitrogens is 2. The second-order valence-corrected chi connectivity index (χ2v) is 6.45. The van der Waals surface area contributed by atoms with Crippen molar-refractivity contribution in [2.45, 2.75) is 19.0 Å². The standard InChI is InChI=1S/C15H14Cl2N4OS/c1-9-5-10(2)20-15(19-9)23-8-14(22)21-18-7-11-3-4-12(16)13(17)6-11/h3-7H,8H2,1-2H3,(H,21,22). The van der Waals surface area contributed by atoms with E-state index in [-0.39, 0.29) is 11.7 Å². The third kappa shape index (κ3) is 5.82. The number of aryl methyl sites for hydroxylation is 2. The molecule has 0 bridgehead atoms. The highest BCUT2D eigenvalue weighted by Crippen LogP contribution is 2.21. The van der Waals surface area contributed by atoms with Gasteiger partial charge >= 0.3 is 0 Å².